The molecule has 7 aromatic carbocycles. The fourth-order valence-corrected chi connectivity index (χ4v) is 11.8. The molecule has 0 saturated carbocycles. The van der Waals surface area contributed by atoms with E-state index in [-0.39, 0.29) is 39.2 Å². The first-order chi connectivity index (χ1) is 32.3. The van der Waals surface area contributed by atoms with Gasteiger partial charge >= 0.3 is 0 Å². The van der Waals surface area contributed by atoms with Gasteiger partial charge in [0.05, 0.1) is 5.69 Å². The minimum absolute atomic E-state index is 0.00708. The van der Waals surface area contributed by atoms with Crippen LogP contribution in [0.1, 0.15) is 161 Å². The normalized spacial score (nSPS) is 16.1. The van der Waals surface area contributed by atoms with Crippen LogP contribution in [0.15, 0.2) is 140 Å². The van der Waals surface area contributed by atoms with Crippen LogP contribution in [0.25, 0.3) is 11.1 Å². The van der Waals surface area contributed by atoms with Crippen LogP contribution in [-0.2, 0) is 32.5 Å². The smallest absolute Gasteiger partial charge is 0.252 e. The highest BCUT2D eigenvalue weighted by atomic mass is 15.2. The van der Waals surface area contributed by atoms with Gasteiger partial charge in [-0.05, 0) is 162 Å². The van der Waals surface area contributed by atoms with E-state index in [1.165, 1.54) is 106 Å². The van der Waals surface area contributed by atoms with Crippen molar-refractivity contribution in [1.29, 1.82) is 0 Å². The summed E-state index contributed by atoms with van der Waals surface area (Å²) in [7, 11) is 0. The van der Waals surface area contributed by atoms with Gasteiger partial charge < -0.3 is 9.80 Å². The highest BCUT2D eigenvalue weighted by Crippen LogP contribution is 2.52. The number of nitrogens with zero attached hydrogens (tertiary/aromatic N) is 2. The molecule has 2 aliphatic heterocycles. The van der Waals surface area contributed by atoms with E-state index in [0.717, 1.165) is 12.8 Å². The summed E-state index contributed by atoms with van der Waals surface area (Å²) in [6.07, 6.45) is 2.32. The summed E-state index contributed by atoms with van der Waals surface area (Å²) in [5.41, 5.74) is 24.8. The van der Waals surface area contributed by atoms with Crippen LogP contribution in [0.2, 0.25) is 0 Å². The quantitative estimate of drug-likeness (QED) is 0.159. The third-order valence-corrected chi connectivity index (χ3v) is 16.5. The van der Waals surface area contributed by atoms with Crippen molar-refractivity contribution in [3.63, 3.8) is 0 Å². The van der Waals surface area contributed by atoms with Crippen molar-refractivity contribution in [1.82, 2.24) is 0 Å². The minimum Gasteiger partial charge on any atom is -0.311 e. The molecule has 0 saturated heterocycles. The van der Waals surface area contributed by atoms with E-state index in [9.17, 15) is 0 Å². The molecule has 0 N–H and O–H groups in total. The topological polar surface area (TPSA) is 6.48 Å². The van der Waals surface area contributed by atoms with E-state index in [1.54, 1.807) is 0 Å². The van der Waals surface area contributed by atoms with Gasteiger partial charge in [0.2, 0.25) is 0 Å². The fraction of sp³-hybridized carbons (Fsp3) is 0.364. The summed E-state index contributed by atoms with van der Waals surface area (Å²) in [5.74, 6) is 0. The molecule has 0 spiro atoms. The van der Waals surface area contributed by atoms with Crippen LogP contribution in [0.3, 0.4) is 0 Å². The van der Waals surface area contributed by atoms with Gasteiger partial charge in [0.25, 0.3) is 6.71 Å². The number of fused-ring (bicyclic) bond motifs is 5. The molecule has 0 aromatic heterocycles. The molecule has 3 aliphatic rings. The lowest BCUT2D eigenvalue weighted by Gasteiger charge is -2.48. The Morgan fingerprint density at radius 1 is 0.420 bits per heavy atom. The molecule has 3 heteroatoms. The number of hydrogen-bond donors (Lipinski definition) is 0. The standard InChI is InChI=1S/C66H75BN2/c1-42-34-58-60-59(35-42)69(55-31-29-47(63(8,9)10)38-50(55)43-22-20-25-45(36-43)61(2,3)4)57-41-52-51(64(11,12)32-33-65(52,13)14)40-54(57)67(60)53-30-28-48(66(15,16)44-23-18-17-19-24-44)39-56(53)68(58)49-27-21-26-46(37-49)62(5,6)7/h17-31,34-41H,32-33H2,1-16H3. The van der Waals surface area contributed by atoms with Gasteiger partial charge in [-0.2, -0.15) is 0 Å². The maximum absolute atomic E-state index is 2.70. The SMILES string of the molecule is Cc1cc2c3c(c1)N(c1ccc(C(C)(C)C)cc1-c1cccc(C(C)(C)C)c1)c1cc4c(cc1B3c1ccc(C(C)(C)c3ccccc3)cc1N2c1cccc(C(C)(C)C)c1)C(C)(C)CCC4(C)C. The van der Waals surface area contributed by atoms with Crippen LogP contribution in [0, 0.1) is 6.92 Å². The molecule has 7 aromatic rings. The molecular formula is C66H75BN2. The van der Waals surface area contributed by atoms with Crippen molar-refractivity contribution in [2.75, 3.05) is 9.80 Å². The first kappa shape index (κ1) is 46.9. The Bertz CT molecular complexity index is 3160. The molecule has 352 valence electrons. The van der Waals surface area contributed by atoms with Crippen LogP contribution < -0.4 is 26.2 Å². The first-order valence-corrected chi connectivity index (χ1v) is 25.8. The summed E-state index contributed by atoms with van der Waals surface area (Å²) in [6.45, 7) is 38.1. The zero-order valence-corrected chi connectivity index (χ0v) is 44.7. The van der Waals surface area contributed by atoms with Gasteiger partial charge in [0.15, 0.2) is 0 Å². The lowest BCUT2D eigenvalue weighted by atomic mass is 9.33. The maximum Gasteiger partial charge on any atom is 0.252 e. The molecule has 69 heavy (non-hydrogen) atoms. The lowest BCUT2D eigenvalue weighted by molar-refractivity contribution is 0.332. The summed E-state index contributed by atoms with van der Waals surface area (Å²) in [5, 5.41) is 0. The van der Waals surface area contributed by atoms with E-state index < -0.39 is 0 Å². The van der Waals surface area contributed by atoms with Crippen LogP contribution in [0.5, 0.6) is 0 Å². The minimum atomic E-state index is -0.219. The van der Waals surface area contributed by atoms with E-state index in [4.69, 9.17) is 0 Å². The predicted molar refractivity (Wildman–Crippen MR) is 301 cm³/mol. The predicted octanol–water partition coefficient (Wildman–Crippen LogP) is 16.3. The molecule has 0 atom stereocenters. The Hall–Kier alpha value is -5.80. The highest BCUT2D eigenvalue weighted by molar-refractivity contribution is 7.00. The van der Waals surface area contributed by atoms with E-state index in [1.807, 2.05) is 0 Å². The second-order valence-electron chi connectivity index (χ2n) is 25.9. The Morgan fingerprint density at radius 2 is 0.957 bits per heavy atom. The van der Waals surface area contributed by atoms with Crippen LogP contribution >= 0.6 is 0 Å². The van der Waals surface area contributed by atoms with E-state index in [2.05, 4.69) is 260 Å². The average Bonchev–Trinajstić information content (AvgIpc) is 3.29. The monoisotopic (exact) mass is 907 g/mol. The second-order valence-corrected chi connectivity index (χ2v) is 25.9. The Morgan fingerprint density at radius 3 is 1.59 bits per heavy atom. The number of benzene rings is 7. The molecule has 2 heterocycles. The average molecular weight is 907 g/mol. The Kier molecular flexibility index (Phi) is 10.8. The first-order valence-electron chi connectivity index (χ1n) is 25.8. The van der Waals surface area contributed by atoms with Crippen molar-refractivity contribution in [3.8, 4) is 11.1 Å². The highest BCUT2D eigenvalue weighted by Gasteiger charge is 2.47. The number of hydrogen-bond acceptors (Lipinski definition) is 2. The number of aryl methyl sites for hydroxylation is 1. The summed E-state index contributed by atoms with van der Waals surface area (Å²) < 4.78 is 0. The third kappa shape index (κ3) is 7.88. The third-order valence-electron chi connectivity index (χ3n) is 16.5. The van der Waals surface area contributed by atoms with Gasteiger partial charge in [-0.15, -0.1) is 0 Å². The van der Waals surface area contributed by atoms with Crippen molar-refractivity contribution in [2.45, 2.75) is 156 Å². The van der Waals surface area contributed by atoms with Crippen molar-refractivity contribution < 1.29 is 0 Å². The molecule has 0 fully saturated rings. The van der Waals surface area contributed by atoms with Crippen molar-refractivity contribution >= 4 is 57.2 Å². The zero-order valence-electron chi connectivity index (χ0n) is 44.7. The Balaban J connectivity index is 1.34. The van der Waals surface area contributed by atoms with Crippen LogP contribution in [-0.4, -0.2) is 6.71 Å². The van der Waals surface area contributed by atoms with Crippen molar-refractivity contribution in [2.24, 2.45) is 0 Å². The van der Waals surface area contributed by atoms with E-state index >= 15 is 0 Å². The maximum atomic E-state index is 2.70. The van der Waals surface area contributed by atoms with Gasteiger partial charge in [-0.1, -0.05) is 195 Å². The summed E-state index contributed by atoms with van der Waals surface area (Å²) >= 11 is 0. The number of rotatable bonds is 5. The molecule has 2 nitrogen and oxygen atoms in total. The van der Waals surface area contributed by atoms with Crippen LogP contribution in [0.4, 0.5) is 34.1 Å². The van der Waals surface area contributed by atoms with Gasteiger partial charge in [-0.3, -0.25) is 0 Å². The molecule has 0 radical (unpaired) electrons. The molecular weight excluding hydrogens is 832 g/mol. The number of anilines is 6. The summed E-state index contributed by atoms with van der Waals surface area (Å²) in [6, 6.07) is 55.0. The molecule has 0 amide bonds. The molecule has 0 unspecified atom stereocenters. The molecule has 10 rings (SSSR count). The van der Waals surface area contributed by atoms with Gasteiger partial charge in [0.1, 0.15) is 0 Å². The zero-order chi connectivity index (χ0) is 49.4. The van der Waals surface area contributed by atoms with E-state index in [0.29, 0.717) is 0 Å². The molecule has 1 aliphatic carbocycles. The fourth-order valence-electron chi connectivity index (χ4n) is 11.8. The lowest BCUT2D eigenvalue weighted by Crippen LogP contribution is -2.62. The Labute approximate surface area is 416 Å². The summed E-state index contributed by atoms with van der Waals surface area (Å²) in [4.78, 5) is 5.32. The van der Waals surface area contributed by atoms with Gasteiger partial charge in [-0.25, -0.2) is 0 Å². The largest absolute Gasteiger partial charge is 0.311 e. The second kappa shape index (κ2) is 15.9. The van der Waals surface area contributed by atoms with Gasteiger partial charge in [0, 0.05) is 39.4 Å². The molecule has 0 bridgehead atoms. The van der Waals surface area contributed by atoms with Crippen molar-refractivity contribution in [3.05, 3.63) is 184 Å².